The zero-order chi connectivity index (χ0) is 19.4. The molecule has 1 N–H and O–H groups in total. The Morgan fingerprint density at radius 2 is 1.93 bits per heavy atom. The molecule has 2 aromatic carbocycles. The average molecular weight is 364 g/mol. The molecule has 1 aliphatic heterocycles. The van der Waals surface area contributed by atoms with Gasteiger partial charge in [0, 0.05) is 24.4 Å². The predicted molar refractivity (Wildman–Crippen MR) is 113 cm³/mol. The molecule has 3 rings (SSSR count). The largest absolute Gasteiger partial charge is 0.489 e. The fourth-order valence-corrected chi connectivity index (χ4v) is 3.13. The molecule has 1 heterocycles. The molecular formula is C23H28N2O2. The molecule has 0 saturated heterocycles. The molecule has 2 aromatic rings. The van der Waals surface area contributed by atoms with Crippen molar-refractivity contribution in [1.82, 2.24) is 0 Å². The lowest BCUT2D eigenvalue weighted by atomic mass is 9.87. The fourth-order valence-electron chi connectivity index (χ4n) is 3.13. The number of rotatable bonds is 4. The summed E-state index contributed by atoms with van der Waals surface area (Å²) in [5.41, 5.74) is 4.23. The van der Waals surface area contributed by atoms with Crippen LogP contribution in [-0.2, 0) is 10.2 Å². The van der Waals surface area contributed by atoms with Gasteiger partial charge in [0.05, 0.1) is 12.2 Å². The number of ether oxygens (including phenoxy) is 1. The van der Waals surface area contributed by atoms with Crippen LogP contribution < -0.4 is 15.0 Å². The van der Waals surface area contributed by atoms with Crippen molar-refractivity contribution >= 4 is 23.4 Å². The third kappa shape index (κ3) is 4.70. The zero-order valence-electron chi connectivity index (χ0n) is 16.6. The summed E-state index contributed by atoms with van der Waals surface area (Å²) in [4.78, 5) is 14.5. The van der Waals surface area contributed by atoms with Crippen LogP contribution in [0.3, 0.4) is 0 Å². The van der Waals surface area contributed by atoms with Crippen molar-refractivity contribution in [3.63, 3.8) is 0 Å². The third-order valence-corrected chi connectivity index (χ3v) is 4.77. The van der Waals surface area contributed by atoms with Crippen molar-refractivity contribution in [1.29, 1.82) is 0 Å². The van der Waals surface area contributed by atoms with Crippen LogP contribution in [0.15, 0.2) is 48.5 Å². The predicted octanol–water partition coefficient (Wildman–Crippen LogP) is 4.85. The molecule has 4 heteroatoms. The van der Waals surface area contributed by atoms with E-state index in [1.165, 1.54) is 5.56 Å². The van der Waals surface area contributed by atoms with Gasteiger partial charge >= 0.3 is 0 Å². The molecule has 0 atom stereocenters. The number of carbonyl (C=O) groups excluding carboxylic acids is 1. The maximum Gasteiger partial charge on any atom is 0.248 e. The van der Waals surface area contributed by atoms with Gasteiger partial charge in [-0.3, -0.25) is 4.79 Å². The fraction of sp³-hybridized carbons (Fsp3) is 0.348. The lowest BCUT2D eigenvalue weighted by molar-refractivity contribution is -0.111. The maximum atomic E-state index is 12.3. The normalized spacial score (nSPS) is 14.0. The summed E-state index contributed by atoms with van der Waals surface area (Å²) in [6, 6.07) is 14.1. The van der Waals surface area contributed by atoms with Gasteiger partial charge in [0.1, 0.15) is 12.4 Å². The minimum atomic E-state index is -0.155. The van der Waals surface area contributed by atoms with Crippen LogP contribution in [0.5, 0.6) is 5.75 Å². The van der Waals surface area contributed by atoms with Gasteiger partial charge in [-0.15, -0.1) is 0 Å². The van der Waals surface area contributed by atoms with E-state index in [0.29, 0.717) is 6.61 Å². The Balaban J connectivity index is 1.65. The van der Waals surface area contributed by atoms with Gasteiger partial charge in [0.2, 0.25) is 5.91 Å². The molecule has 0 saturated carbocycles. The number of anilines is 2. The van der Waals surface area contributed by atoms with Crippen molar-refractivity contribution in [2.24, 2.45) is 0 Å². The Labute approximate surface area is 161 Å². The number of hydrogen-bond acceptors (Lipinski definition) is 3. The Morgan fingerprint density at radius 1 is 1.19 bits per heavy atom. The van der Waals surface area contributed by atoms with E-state index < -0.39 is 0 Å². The molecule has 0 unspecified atom stereocenters. The topological polar surface area (TPSA) is 41.6 Å². The van der Waals surface area contributed by atoms with Gasteiger partial charge in [0.25, 0.3) is 0 Å². The summed E-state index contributed by atoms with van der Waals surface area (Å²) in [6.45, 7) is 11.2. The van der Waals surface area contributed by atoms with Crippen LogP contribution in [0, 0.1) is 0 Å². The first-order valence-corrected chi connectivity index (χ1v) is 9.48. The summed E-state index contributed by atoms with van der Waals surface area (Å²) in [7, 11) is 0. The van der Waals surface area contributed by atoms with Gasteiger partial charge < -0.3 is 15.0 Å². The number of nitrogens with one attached hydrogen (secondary N) is 1. The molecule has 27 heavy (non-hydrogen) atoms. The summed E-state index contributed by atoms with van der Waals surface area (Å²) in [5, 5.41) is 2.91. The lowest BCUT2D eigenvalue weighted by Crippen LogP contribution is -2.32. The highest BCUT2D eigenvalue weighted by atomic mass is 16.5. The van der Waals surface area contributed by atoms with Gasteiger partial charge in [-0.25, -0.2) is 0 Å². The maximum absolute atomic E-state index is 12.3. The summed E-state index contributed by atoms with van der Waals surface area (Å²) in [5.74, 6) is 0.667. The van der Waals surface area contributed by atoms with Crippen LogP contribution in [0.1, 0.15) is 38.8 Å². The molecule has 4 nitrogen and oxygen atoms in total. The molecule has 142 valence electrons. The van der Waals surface area contributed by atoms with E-state index in [1.54, 1.807) is 6.08 Å². The smallest absolute Gasteiger partial charge is 0.248 e. The number of fused-ring (bicyclic) bond motifs is 1. The number of likely N-dealkylation sites (N-methyl/N-ethyl adjacent to an activating group) is 1. The molecule has 0 spiro atoms. The Kier molecular flexibility index (Phi) is 5.54. The van der Waals surface area contributed by atoms with E-state index in [0.717, 1.165) is 35.8 Å². The van der Waals surface area contributed by atoms with E-state index in [9.17, 15) is 4.79 Å². The molecule has 0 aliphatic carbocycles. The van der Waals surface area contributed by atoms with Crippen LogP contribution >= 0.6 is 0 Å². The van der Waals surface area contributed by atoms with Gasteiger partial charge in [-0.1, -0.05) is 45.0 Å². The molecule has 0 radical (unpaired) electrons. The molecule has 0 aromatic heterocycles. The molecule has 1 amide bonds. The van der Waals surface area contributed by atoms with E-state index in [1.807, 2.05) is 36.4 Å². The Bertz CT molecular complexity index is 832. The first-order chi connectivity index (χ1) is 12.9. The van der Waals surface area contributed by atoms with Crippen molar-refractivity contribution < 1.29 is 9.53 Å². The van der Waals surface area contributed by atoms with Crippen LogP contribution in [0.25, 0.3) is 6.08 Å². The highest BCUT2D eigenvalue weighted by Crippen LogP contribution is 2.33. The second-order valence-electron chi connectivity index (χ2n) is 7.81. The van der Waals surface area contributed by atoms with E-state index in [4.69, 9.17) is 4.74 Å². The quantitative estimate of drug-likeness (QED) is 0.788. The standard InChI is InChI=1S/C23H28N2O2/c1-5-25-14-15-27-21-16-19(11-12-20(21)25)24-22(26)13-8-17-6-9-18(10-7-17)23(2,3)4/h6-13,16H,5,14-15H2,1-4H3,(H,24,26)/b13-8+. The van der Waals surface area contributed by atoms with Crippen LogP contribution in [0.2, 0.25) is 0 Å². The van der Waals surface area contributed by atoms with E-state index in [-0.39, 0.29) is 11.3 Å². The van der Waals surface area contributed by atoms with Crippen LogP contribution in [-0.4, -0.2) is 25.6 Å². The first kappa shape index (κ1) is 19.0. The SMILES string of the molecule is CCN1CCOc2cc(NC(=O)/C=C/c3ccc(C(C)(C)C)cc3)ccc21. The lowest BCUT2D eigenvalue weighted by Gasteiger charge is -2.30. The number of hydrogen-bond donors (Lipinski definition) is 1. The second kappa shape index (κ2) is 7.87. The molecular weight excluding hydrogens is 336 g/mol. The number of benzene rings is 2. The molecule has 0 bridgehead atoms. The molecule has 0 fully saturated rings. The first-order valence-electron chi connectivity index (χ1n) is 9.48. The van der Waals surface area contributed by atoms with Crippen molar-refractivity contribution in [3.8, 4) is 5.75 Å². The Hall–Kier alpha value is -2.75. The monoisotopic (exact) mass is 364 g/mol. The minimum absolute atomic E-state index is 0.126. The highest BCUT2D eigenvalue weighted by molar-refractivity contribution is 6.02. The highest BCUT2D eigenvalue weighted by Gasteiger charge is 2.17. The van der Waals surface area contributed by atoms with E-state index >= 15 is 0 Å². The third-order valence-electron chi connectivity index (χ3n) is 4.77. The minimum Gasteiger partial charge on any atom is -0.489 e. The van der Waals surface area contributed by atoms with Crippen molar-refractivity contribution in [2.45, 2.75) is 33.1 Å². The van der Waals surface area contributed by atoms with Crippen molar-refractivity contribution in [3.05, 3.63) is 59.7 Å². The average Bonchev–Trinajstić information content (AvgIpc) is 2.65. The van der Waals surface area contributed by atoms with Gasteiger partial charge in [-0.2, -0.15) is 0 Å². The zero-order valence-corrected chi connectivity index (χ0v) is 16.6. The number of nitrogens with zero attached hydrogens (tertiary/aromatic N) is 1. The van der Waals surface area contributed by atoms with E-state index in [2.05, 4.69) is 50.0 Å². The molecule has 1 aliphatic rings. The van der Waals surface area contributed by atoms with Crippen molar-refractivity contribution in [2.75, 3.05) is 29.9 Å². The summed E-state index contributed by atoms with van der Waals surface area (Å²) < 4.78 is 5.73. The summed E-state index contributed by atoms with van der Waals surface area (Å²) in [6.07, 6.45) is 3.39. The number of carbonyl (C=O) groups is 1. The van der Waals surface area contributed by atoms with Crippen LogP contribution in [0.4, 0.5) is 11.4 Å². The second-order valence-corrected chi connectivity index (χ2v) is 7.81. The number of amides is 1. The van der Waals surface area contributed by atoms with Gasteiger partial charge in [-0.05, 0) is 41.7 Å². The van der Waals surface area contributed by atoms with Gasteiger partial charge in [0.15, 0.2) is 0 Å². The Morgan fingerprint density at radius 3 is 2.59 bits per heavy atom. The summed E-state index contributed by atoms with van der Waals surface area (Å²) >= 11 is 0.